The van der Waals surface area contributed by atoms with E-state index in [2.05, 4.69) is 51.5 Å². The molecule has 0 amide bonds. The van der Waals surface area contributed by atoms with Gasteiger partial charge in [0, 0.05) is 0 Å². The van der Waals surface area contributed by atoms with Gasteiger partial charge < -0.3 is 0 Å². The van der Waals surface area contributed by atoms with Gasteiger partial charge >= 0.3 is 74.0 Å². The monoisotopic (exact) mass is 132 g/mol. The van der Waals surface area contributed by atoms with E-state index in [0.29, 0.717) is 5.41 Å². The molecule has 0 nitrogen and oxygen atoms in total. The molecule has 0 spiro atoms. The van der Waals surface area contributed by atoms with Crippen LogP contribution in [0.5, 0.6) is 0 Å². The van der Waals surface area contributed by atoms with E-state index in [1.807, 2.05) is 0 Å². The quantitative estimate of drug-likeness (QED) is 0.400. The topological polar surface area (TPSA) is 0 Å². The zero-order valence-electron chi connectivity index (χ0n) is 7.99. The van der Waals surface area contributed by atoms with Gasteiger partial charge in [0.25, 0.3) is 0 Å². The Balaban J connectivity index is 3.79. The molecule has 0 rings (SSSR count). The summed E-state index contributed by atoms with van der Waals surface area (Å²) in [5, 5.41) is 1.17. The zero-order valence-corrected chi connectivity index (χ0v) is 7.99. The fraction of sp³-hybridized carbons (Fsp3) is 0.778. The van der Waals surface area contributed by atoms with Gasteiger partial charge in [0.2, 0.25) is 0 Å². The van der Waals surface area contributed by atoms with E-state index >= 15 is 0 Å². The van der Waals surface area contributed by atoms with Gasteiger partial charge in [-0.05, 0) is 0 Å². The van der Waals surface area contributed by atoms with Crippen LogP contribution in [0.2, 0.25) is 5.09 Å². The van der Waals surface area contributed by atoms with Crippen LogP contribution in [0, 0.1) is 5.41 Å². The molecule has 0 N–H and O–H groups in total. The minimum atomic E-state index is 0.454. The van der Waals surface area contributed by atoms with E-state index in [1.165, 1.54) is 17.1 Å². The van der Waals surface area contributed by atoms with Crippen molar-refractivity contribution in [3.05, 3.63) is 11.6 Å². The van der Waals surface area contributed by atoms with Crippen LogP contribution >= 0.6 is 0 Å². The maximum atomic E-state index is 2.31. The van der Waals surface area contributed by atoms with E-state index in [9.17, 15) is 0 Å². The Bertz CT molecular complexity index is 117. The molecule has 0 heterocycles. The van der Waals surface area contributed by atoms with Crippen LogP contribution in [0.4, 0.5) is 0 Å². The third kappa shape index (κ3) is 6.46. The average molecular weight is 132 g/mol. The van der Waals surface area contributed by atoms with Crippen LogP contribution in [0.1, 0.15) is 34.1 Å². The third-order valence-electron chi connectivity index (χ3n) is 1.36. The molecule has 0 saturated carbocycles. The van der Waals surface area contributed by atoms with Crippen LogP contribution in [0.15, 0.2) is 11.6 Å². The summed E-state index contributed by atoms with van der Waals surface area (Å²) >= 11 is 2.19. The Morgan fingerprint density at radius 1 is 1.40 bits per heavy atom. The van der Waals surface area contributed by atoms with E-state index in [4.69, 9.17) is 0 Å². The summed E-state index contributed by atoms with van der Waals surface area (Å²) in [6.45, 7) is 9.05. The molecule has 0 bridgehead atoms. The Labute approximate surface area is 74.3 Å². The van der Waals surface area contributed by atoms with Crippen LogP contribution in [0.3, 0.4) is 0 Å². The predicted molar refractivity (Wildman–Crippen MR) is 48.4 cm³/mol. The standard InChI is InChI=1S/C9H17.Li/c1-6-8(2)7-9(3,4)5;/h6H,1,7H2,2-5H3;. The van der Waals surface area contributed by atoms with Crippen molar-refractivity contribution in [1.29, 1.82) is 0 Å². The van der Waals surface area contributed by atoms with Crippen molar-refractivity contribution in [2.24, 2.45) is 5.41 Å². The Hall–Kier alpha value is 0.337. The minimum absolute atomic E-state index is 0.454. The molecule has 0 radical (unpaired) electrons. The SMILES string of the molecule is [Li][CH2]C=C(C)CC(C)(C)C. The Morgan fingerprint density at radius 3 is 2.20 bits per heavy atom. The number of hydrogen-bond donors (Lipinski definition) is 0. The van der Waals surface area contributed by atoms with Gasteiger partial charge in [-0.15, -0.1) is 0 Å². The second-order valence-electron chi connectivity index (χ2n) is 4.20. The molecular formula is C9H17Li. The van der Waals surface area contributed by atoms with Crippen molar-refractivity contribution in [3.8, 4) is 0 Å². The summed E-state index contributed by atoms with van der Waals surface area (Å²) in [4.78, 5) is 0. The summed E-state index contributed by atoms with van der Waals surface area (Å²) in [5.41, 5.74) is 1.98. The third-order valence-corrected chi connectivity index (χ3v) is 1.36. The Morgan fingerprint density at radius 2 is 1.90 bits per heavy atom. The van der Waals surface area contributed by atoms with Gasteiger partial charge in [-0.3, -0.25) is 0 Å². The first kappa shape index (κ1) is 10.3. The van der Waals surface area contributed by atoms with Crippen LogP contribution in [0.25, 0.3) is 0 Å². The molecule has 0 aliphatic heterocycles. The fourth-order valence-electron chi connectivity index (χ4n) is 1.26. The number of rotatable bonds is 2. The van der Waals surface area contributed by atoms with E-state index in [1.54, 1.807) is 0 Å². The van der Waals surface area contributed by atoms with E-state index < -0.39 is 0 Å². The van der Waals surface area contributed by atoms with Crippen LogP contribution in [-0.4, -0.2) is 17.7 Å². The van der Waals surface area contributed by atoms with Crippen LogP contribution in [-0.2, 0) is 0 Å². The van der Waals surface area contributed by atoms with Gasteiger partial charge in [0.05, 0.1) is 0 Å². The molecule has 0 atom stereocenters. The zero-order chi connectivity index (χ0) is 8.20. The summed E-state index contributed by atoms with van der Waals surface area (Å²) in [7, 11) is 0. The van der Waals surface area contributed by atoms with Gasteiger partial charge in [-0.2, -0.15) is 0 Å². The van der Waals surface area contributed by atoms with Crippen molar-refractivity contribution >= 4 is 17.7 Å². The van der Waals surface area contributed by atoms with E-state index in [0.717, 1.165) is 0 Å². The maximum absolute atomic E-state index is 2.31. The van der Waals surface area contributed by atoms with Crippen molar-refractivity contribution in [3.63, 3.8) is 0 Å². The first-order chi connectivity index (χ1) is 4.45. The van der Waals surface area contributed by atoms with Gasteiger partial charge in [-0.25, -0.2) is 0 Å². The van der Waals surface area contributed by atoms with Crippen LogP contribution < -0.4 is 0 Å². The van der Waals surface area contributed by atoms with Crippen molar-refractivity contribution in [1.82, 2.24) is 0 Å². The molecule has 0 aliphatic rings. The summed E-state index contributed by atoms with van der Waals surface area (Å²) in [5.74, 6) is 0. The second-order valence-corrected chi connectivity index (χ2v) is 4.20. The molecule has 0 aromatic rings. The molecule has 0 unspecified atom stereocenters. The van der Waals surface area contributed by atoms with E-state index in [-0.39, 0.29) is 0 Å². The molecule has 0 aromatic carbocycles. The molecule has 10 heavy (non-hydrogen) atoms. The first-order valence-corrected chi connectivity index (χ1v) is 4.11. The molecule has 54 valence electrons. The molecular weight excluding hydrogens is 115 g/mol. The summed E-state index contributed by atoms with van der Waals surface area (Å²) in [6.07, 6.45) is 3.53. The first-order valence-electron chi connectivity index (χ1n) is 4.11. The van der Waals surface area contributed by atoms with Crippen molar-refractivity contribution < 1.29 is 0 Å². The molecule has 0 aliphatic carbocycles. The summed E-state index contributed by atoms with van der Waals surface area (Å²) in [6, 6.07) is 0. The fourth-order valence-corrected chi connectivity index (χ4v) is 1.26. The normalized spacial score (nSPS) is 14.0. The van der Waals surface area contributed by atoms with Gasteiger partial charge in [0.15, 0.2) is 0 Å². The Kier molecular flexibility index (Phi) is 4.41. The van der Waals surface area contributed by atoms with Crippen molar-refractivity contribution in [2.75, 3.05) is 0 Å². The molecule has 0 saturated heterocycles. The molecule has 0 aromatic heterocycles. The number of hydrogen-bond acceptors (Lipinski definition) is 0. The molecule has 0 fully saturated rings. The number of allylic oxidation sites excluding steroid dienone is 2. The van der Waals surface area contributed by atoms with Gasteiger partial charge in [0.1, 0.15) is 0 Å². The summed E-state index contributed by atoms with van der Waals surface area (Å²) < 4.78 is 0. The van der Waals surface area contributed by atoms with Gasteiger partial charge in [-0.1, -0.05) is 0 Å². The second kappa shape index (κ2) is 4.26. The average Bonchev–Trinajstić information content (AvgIpc) is 1.59. The predicted octanol–water partition coefficient (Wildman–Crippen LogP) is 2.96. The molecule has 1 heteroatoms. The van der Waals surface area contributed by atoms with Crippen molar-refractivity contribution in [2.45, 2.75) is 39.2 Å².